The van der Waals surface area contributed by atoms with Crippen LogP contribution in [0.5, 0.6) is 0 Å². The Morgan fingerprint density at radius 1 is 1.05 bits per heavy atom. The van der Waals surface area contributed by atoms with Crippen molar-refractivity contribution in [3.63, 3.8) is 0 Å². The number of aliphatic hydroxyl groups excluding tert-OH is 1. The van der Waals surface area contributed by atoms with Gasteiger partial charge in [0.15, 0.2) is 0 Å². The first-order valence-electron chi connectivity index (χ1n) is 5.63. The molecule has 0 unspecified atom stereocenters. The molecule has 0 atom stereocenters. The maximum atomic E-state index is 8.92. The first-order chi connectivity index (χ1) is 9.26. The van der Waals surface area contributed by atoms with Gasteiger partial charge in [-0.05, 0) is 30.3 Å². The van der Waals surface area contributed by atoms with Crippen LogP contribution < -0.4 is 5.32 Å². The van der Waals surface area contributed by atoms with E-state index in [1.165, 1.54) is 0 Å². The summed E-state index contributed by atoms with van der Waals surface area (Å²) in [6.07, 6.45) is 0. The Hall–Kier alpha value is -2.76. The summed E-state index contributed by atoms with van der Waals surface area (Å²) in [4.78, 5) is 0. The van der Waals surface area contributed by atoms with E-state index in [1.807, 2.05) is 12.1 Å². The molecule has 0 radical (unpaired) electrons. The van der Waals surface area contributed by atoms with Gasteiger partial charge in [-0.15, -0.1) is 0 Å². The van der Waals surface area contributed by atoms with Gasteiger partial charge < -0.3 is 14.8 Å². The van der Waals surface area contributed by atoms with Crippen molar-refractivity contribution >= 4 is 5.69 Å². The molecule has 0 aliphatic heterocycles. The zero-order valence-electron chi connectivity index (χ0n) is 10.1. The fraction of sp³-hybridized carbons (Fsp3) is 0.143. The van der Waals surface area contributed by atoms with Gasteiger partial charge in [0.1, 0.15) is 30.3 Å². The van der Waals surface area contributed by atoms with Crippen LogP contribution in [-0.4, -0.2) is 5.11 Å². The van der Waals surface area contributed by atoms with Gasteiger partial charge in [0.25, 0.3) is 0 Å². The second-order valence-electron chi connectivity index (χ2n) is 3.86. The van der Waals surface area contributed by atoms with E-state index in [-0.39, 0.29) is 6.61 Å². The normalized spacial score (nSPS) is 9.63. The predicted molar refractivity (Wildman–Crippen MR) is 67.8 cm³/mol. The Kier molecular flexibility index (Phi) is 3.82. The lowest BCUT2D eigenvalue weighted by Gasteiger charge is -2.05. The fourth-order valence-electron chi connectivity index (χ4n) is 1.64. The van der Waals surface area contributed by atoms with E-state index in [0.717, 1.165) is 5.69 Å². The van der Waals surface area contributed by atoms with Gasteiger partial charge in [-0.25, -0.2) is 0 Å². The molecule has 94 valence electrons. The summed E-state index contributed by atoms with van der Waals surface area (Å²) in [6.45, 7) is 0.312. The number of benzene rings is 1. The lowest BCUT2D eigenvalue weighted by molar-refractivity contribution is 0.244. The van der Waals surface area contributed by atoms with Crippen LogP contribution in [0.15, 0.2) is 34.7 Å². The molecule has 2 N–H and O–H groups in total. The molecule has 19 heavy (non-hydrogen) atoms. The third kappa shape index (κ3) is 2.92. The smallest absolute Gasteiger partial charge is 0.129 e. The molecule has 1 aromatic carbocycles. The minimum atomic E-state index is -0.130. The average Bonchev–Trinajstić information content (AvgIpc) is 2.92. The minimum absolute atomic E-state index is 0.130. The van der Waals surface area contributed by atoms with Crippen LogP contribution in [0.1, 0.15) is 22.6 Å². The van der Waals surface area contributed by atoms with Crippen molar-refractivity contribution in [2.24, 2.45) is 0 Å². The number of hydrogen-bond acceptors (Lipinski definition) is 5. The highest BCUT2D eigenvalue weighted by molar-refractivity contribution is 5.56. The third-order valence-corrected chi connectivity index (χ3v) is 2.60. The summed E-state index contributed by atoms with van der Waals surface area (Å²) in [6, 6.07) is 12.4. The largest absolute Gasteiger partial charge is 0.462 e. The average molecular weight is 253 g/mol. The van der Waals surface area contributed by atoms with Crippen molar-refractivity contribution in [3.8, 4) is 12.1 Å². The molecule has 0 saturated carbocycles. The van der Waals surface area contributed by atoms with Crippen molar-refractivity contribution in [2.75, 3.05) is 5.32 Å². The highest BCUT2D eigenvalue weighted by Gasteiger charge is 2.04. The Balaban J connectivity index is 2.08. The summed E-state index contributed by atoms with van der Waals surface area (Å²) in [5, 5.41) is 29.7. The van der Waals surface area contributed by atoms with E-state index in [4.69, 9.17) is 20.0 Å². The van der Waals surface area contributed by atoms with Gasteiger partial charge in [0.2, 0.25) is 0 Å². The van der Waals surface area contributed by atoms with E-state index >= 15 is 0 Å². The molecule has 0 aliphatic carbocycles. The highest BCUT2D eigenvalue weighted by Crippen LogP contribution is 2.16. The molecule has 2 rings (SSSR count). The first-order valence-corrected chi connectivity index (χ1v) is 5.63. The Morgan fingerprint density at radius 3 is 2.42 bits per heavy atom. The minimum Gasteiger partial charge on any atom is -0.462 e. The number of rotatable bonds is 4. The number of aliphatic hydroxyl groups is 1. The van der Waals surface area contributed by atoms with Gasteiger partial charge in [-0.3, -0.25) is 0 Å². The van der Waals surface area contributed by atoms with Crippen LogP contribution >= 0.6 is 0 Å². The molecule has 0 spiro atoms. The molecule has 0 bridgehead atoms. The summed E-state index contributed by atoms with van der Waals surface area (Å²) in [7, 11) is 0. The molecule has 1 aromatic heterocycles. The fourth-order valence-corrected chi connectivity index (χ4v) is 1.64. The lowest BCUT2D eigenvalue weighted by Crippen LogP contribution is -1.99. The summed E-state index contributed by atoms with van der Waals surface area (Å²) in [5.41, 5.74) is 1.43. The van der Waals surface area contributed by atoms with Crippen molar-refractivity contribution in [1.82, 2.24) is 0 Å². The number of furan rings is 1. The molecular formula is C14H11N3O2. The Labute approximate surface area is 110 Å². The van der Waals surface area contributed by atoms with Crippen molar-refractivity contribution in [2.45, 2.75) is 13.2 Å². The summed E-state index contributed by atoms with van der Waals surface area (Å²) < 4.78 is 5.33. The van der Waals surface area contributed by atoms with E-state index in [0.29, 0.717) is 29.2 Å². The van der Waals surface area contributed by atoms with Crippen molar-refractivity contribution in [1.29, 1.82) is 10.5 Å². The van der Waals surface area contributed by atoms with Crippen LogP contribution in [0.2, 0.25) is 0 Å². The Bertz CT molecular complexity index is 662. The maximum Gasteiger partial charge on any atom is 0.129 e. The van der Waals surface area contributed by atoms with Gasteiger partial charge in [0, 0.05) is 5.69 Å². The highest BCUT2D eigenvalue weighted by atomic mass is 16.4. The maximum absolute atomic E-state index is 8.92. The van der Waals surface area contributed by atoms with E-state index in [2.05, 4.69) is 5.32 Å². The molecule has 1 heterocycles. The van der Waals surface area contributed by atoms with E-state index < -0.39 is 0 Å². The van der Waals surface area contributed by atoms with Crippen LogP contribution in [0.3, 0.4) is 0 Å². The molecule has 5 nitrogen and oxygen atoms in total. The standard InChI is InChI=1S/C14H11N3O2/c15-6-10-1-2-12(5-11(10)7-16)17-8-13-3-4-14(9-18)19-13/h1-5,17-18H,8-9H2. The third-order valence-electron chi connectivity index (χ3n) is 2.60. The number of nitrogens with one attached hydrogen (secondary N) is 1. The monoisotopic (exact) mass is 253 g/mol. The number of nitrogens with zero attached hydrogens (tertiary/aromatic N) is 2. The number of hydrogen-bond donors (Lipinski definition) is 2. The molecule has 0 fully saturated rings. The predicted octanol–water partition coefficient (Wildman–Crippen LogP) is 2.13. The topological polar surface area (TPSA) is 93.0 Å². The van der Waals surface area contributed by atoms with Gasteiger partial charge in [-0.2, -0.15) is 10.5 Å². The van der Waals surface area contributed by atoms with E-state index in [9.17, 15) is 0 Å². The van der Waals surface area contributed by atoms with Gasteiger partial charge >= 0.3 is 0 Å². The molecule has 0 aliphatic rings. The lowest BCUT2D eigenvalue weighted by atomic mass is 10.1. The number of anilines is 1. The molecule has 5 heteroatoms. The van der Waals surface area contributed by atoms with Crippen molar-refractivity contribution in [3.05, 3.63) is 53.0 Å². The molecule has 2 aromatic rings. The van der Waals surface area contributed by atoms with E-state index in [1.54, 1.807) is 30.3 Å². The van der Waals surface area contributed by atoms with Crippen molar-refractivity contribution < 1.29 is 9.52 Å². The quantitative estimate of drug-likeness (QED) is 0.870. The molecular weight excluding hydrogens is 242 g/mol. The SMILES string of the molecule is N#Cc1ccc(NCc2ccc(CO)o2)cc1C#N. The zero-order chi connectivity index (χ0) is 13.7. The van der Waals surface area contributed by atoms with Crippen LogP contribution in [-0.2, 0) is 13.2 Å². The number of nitriles is 2. The second-order valence-corrected chi connectivity index (χ2v) is 3.86. The summed E-state index contributed by atoms with van der Waals surface area (Å²) in [5.74, 6) is 1.20. The molecule has 0 saturated heterocycles. The van der Waals surface area contributed by atoms with Gasteiger partial charge in [-0.1, -0.05) is 0 Å². The molecule has 0 amide bonds. The Morgan fingerprint density at radius 2 is 1.79 bits per heavy atom. The summed E-state index contributed by atoms with van der Waals surface area (Å²) >= 11 is 0. The van der Waals surface area contributed by atoms with Gasteiger partial charge in [0.05, 0.1) is 17.7 Å². The van der Waals surface area contributed by atoms with Crippen LogP contribution in [0, 0.1) is 22.7 Å². The zero-order valence-corrected chi connectivity index (χ0v) is 10.1. The van der Waals surface area contributed by atoms with Crippen LogP contribution in [0.25, 0.3) is 0 Å². The van der Waals surface area contributed by atoms with Crippen LogP contribution in [0.4, 0.5) is 5.69 Å². The second kappa shape index (κ2) is 5.72. The first kappa shape index (κ1) is 12.7.